The number of halogens is 1. The Balaban J connectivity index is 1.42. The largest absolute Gasteiger partial charge is 0.423 e. The number of benzene rings is 2. The molecule has 216 valence electrons. The van der Waals surface area contributed by atoms with Crippen LogP contribution in [0.1, 0.15) is 125 Å². The number of hydrogen-bond donors (Lipinski definition) is 0. The molecule has 0 fully saturated rings. The van der Waals surface area contributed by atoms with Crippen LogP contribution in [-0.4, -0.2) is 15.9 Å². The van der Waals surface area contributed by atoms with Gasteiger partial charge in [-0.2, -0.15) is 0 Å². The molecule has 0 saturated carbocycles. The van der Waals surface area contributed by atoms with Crippen molar-refractivity contribution in [3.8, 4) is 17.1 Å². The molecule has 40 heavy (non-hydrogen) atoms. The highest BCUT2D eigenvalue weighted by atomic mass is 79.9. The summed E-state index contributed by atoms with van der Waals surface area (Å²) in [5.41, 5.74) is 3.86. The van der Waals surface area contributed by atoms with E-state index in [0.717, 1.165) is 22.9 Å². The number of hydrogen-bond acceptors (Lipinski definition) is 4. The van der Waals surface area contributed by atoms with E-state index in [4.69, 9.17) is 4.74 Å². The Morgan fingerprint density at radius 3 is 1.82 bits per heavy atom. The lowest BCUT2D eigenvalue weighted by molar-refractivity contribution is 0.0734. The predicted molar refractivity (Wildman–Crippen MR) is 170 cm³/mol. The summed E-state index contributed by atoms with van der Waals surface area (Å²) in [5, 5.41) is 0. The minimum Gasteiger partial charge on any atom is -0.423 e. The van der Waals surface area contributed by atoms with Crippen LogP contribution >= 0.6 is 15.9 Å². The van der Waals surface area contributed by atoms with Gasteiger partial charge in [0.25, 0.3) is 0 Å². The fourth-order valence-corrected chi connectivity index (χ4v) is 5.48. The maximum absolute atomic E-state index is 12.7. The molecule has 5 heteroatoms. The van der Waals surface area contributed by atoms with E-state index in [-0.39, 0.29) is 5.97 Å². The summed E-state index contributed by atoms with van der Waals surface area (Å²) < 4.78 is 6.60. The van der Waals surface area contributed by atoms with Gasteiger partial charge >= 0.3 is 5.97 Å². The first-order valence-corrected chi connectivity index (χ1v) is 16.3. The molecule has 3 aromatic rings. The minimum absolute atomic E-state index is 0.360. The second-order valence-corrected chi connectivity index (χ2v) is 11.7. The predicted octanol–water partition coefficient (Wildman–Crippen LogP) is 10.7. The molecule has 0 aliphatic heterocycles. The highest BCUT2D eigenvalue weighted by Gasteiger charge is 2.12. The zero-order valence-corrected chi connectivity index (χ0v) is 26.2. The van der Waals surface area contributed by atoms with Crippen molar-refractivity contribution in [2.45, 2.75) is 117 Å². The smallest absolute Gasteiger partial charge is 0.343 e. The lowest BCUT2D eigenvalue weighted by Gasteiger charge is -2.09. The number of esters is 1. The van der Waals surface area contributed by atoms with Crippen LogP contribution in [-0.2, 0) is 12.8 Å². The molecule has 0 atom stereocenters. The van der Waals surface area contributed by atoms with Gasteiger partial charge in [0, 0.05) is 22.4 Å². The molecule has 1 heterocycles. The van der Waals surface area contributed by atoms with E-state index in [1.807, 2.05) is 42.7 Å². The van der Waals surface area contributed by atoms with E-state index in [2.05, 4.69) is 39.7 Å². The topological polar surface area (TPSA) is 52.1 Å². The lowest BCUT2D eigenvalue weighted by atomic mass is 10.0. The zero-order valence-electron chi connectivity index (χ0n) is 24.6. The Bertz CT molecular complexity index is 1130. The van der Waals surface area contributed by atoms with Gasteiger partial charge in [-0.1, -0.05) is 113 Å². The van der Waals surface area contributed by atoms with Gasteiger partial charge in [0.15, 0.2) is 5.82 Å². The number of unbranched alkanes of at least 4 members (excludes halogenated alkanes) is 12. The van der Waals surface area contributed by atoms with Gasteiger partial charge < -0.3 is 4.74 Å². The number of aryl methyl sites for hydroxylation is 2. The van der Waals surface area contributed by atoms with E-state index >= 15 is 0 Å². The molecule has 4 nitrogen and oxygen atoms in total. The molecule has 0 saturated heterocycles. The van der Waals surface area contributed by atoms with Crippen molar-refractivity contribution in [3.63, 3.8) is 0 Å². The summed E-state index contributed by atoms with van der Waals surface area (Å²) in [6.45, 7) is 4.50. The van der Waals surface area contributed by atoms with Crippen molar-refractivity contribution in [1.82, 2.24) is 9.97 Å². The molecule has 0 bridgehead atoms. The average Bonchev–Trinajstić information content (AvgIpc) is 2.97. The van der Waals surface area contributed by atoms with Crippen LogP contribution in [0.25, 0.3) is 11.4 Å². The monoisotopic (exact) mass is 606 g/mol. The maximum atomic E-state index is 12.7. The summed E-state index contributed by atoms with van der Waals surface area (Å²) >= 11 is 3.64. The molecule has 0 N–H and O–H groups in total. The second kappa shape index (κ2) is 18.7. The fourth-order valence-electron chi connectivity index (χ4n) is 4.91. The van der Waals surface area contributed by atoms with Crippen LogP contribution in [0.15, 0.2) is 59.3 Å². The summed E-state index contributed by atoms with van der Waals surface area (Å²) in [5.74, 6) is 0.830. The molecule has 0 aliphatic carbocycles. The molecule has 0 spiro atoms. The number of carbonyl (C=O) groups excluding carboxylic acids is 1. The summed E-state index contributed by atoms with van der Waals surface area (Å²) in [6.07, 6.45) is 24.1. The van der Waals surface area contributed by atoms with Crippen LogP contribution in [0.4, 0.5) is 0 Å². The molecule has 0 amide bonds. The van der Waals surface area contributed by atoms with E-state index in [1.54, 1.807) is 12.1 Å². The van der Waals surface area contributed by atoms with Gasteiger partial charge in [-0.15, -0.1) is 0 Å². The maximum Gasteiger partial charge on any atom is 0.343 e. The third-order valence-corrected chi connectivity index (χ3v) is 8.17. The quantitative estimate of drug-likeness (QED) is 0.0773. The van der Waals surface area contributed by atoms with Crippen LogP contribution in [0.3, 0.4) is 0 Å². The van der Waals surface area contributed by atoms with Crippen molar-refractivity contribution in [1.29, 1.82) is 0 Å². The first-order chi connectivity index (χ1) is 19.6. The summed E-state index contributed by atoms with van der Waals surface area (Å²) in [4.78, 5) is 21.9. The summed E-state index contributed by atoms with van der Waals surface area (Å²) in [7, 11) is 0. The van der Waals surface area contributed by atoms with E-state index < -0.39 is 0 Å². The Kier molecular flexibility index (Phi) is 15.0. The fraction of sp³-hybridized carbons (Fsp3) is 0.514. The highest BCUT2D eigenvalue weighted by Crippen LogP contribution is 2.24. The molecule has 0 aliphatic rings. The third kappa shape index (κ3) is 11.5. The van der Waals surface area contributed by atoms with Crippen molar-refractivity contribution in [2.75, 3.05) is 0 Å². The molecular formula is C35H47BrN2O2. The van der Waals surface area contributed by atoms with Crippen LogP contribution < -0.4 is 4.74 Å². The SMILES string of the molecule is CCCCCCCCCCc1cnc(-c2ccc(OC(=O)c3ccc(CCCCCCCC)c(Br)c3)cc2)nc1. The Hall–Kier alpha value is -2.53. The Morgan fingerprint density at radius 1 is 0.700 bits per heavy atom. The van der Waals surface area contributed by atoms with Gasteiger partial charge in [-0.3, -0.25) is 0 Å². The zero-order chi connectivity index (χ0) is 28.4. The van der Waals surface area contributed by atoms with Crippen molar-refractivity contribution in [2.24, 2.45) is 0 Å². The number of rotatable bonds is 19. The van der Waals surface area contributed by atoms with E-state index in [1.165, 1.54) is 101 Å². The average molecular weight is 608 g/mol. The first-order valence-electron chi connectivity index (χ1n) is 15.5. The van der Waals surface area contributed by atoms with Crippen molar-refractivity contribution in [3.05, 3.63) is 76.0 Å². The van der Waals surface area contributed by atoms with Gasteiger partial charge in [-0.05, 0) is 73.2 Å². The van der Waals surface area contributed by atoms with Crippen molar-refractivity contribution >= 4 is 21.9 Å². The van der Waals surface area contributed by atoms with Gasteiger partial charge in [0.05, 0.1) is 5.56 Å². The van der Waals surface area contributed by atoms with Gasteiger partial charge in [-0.25, -0.2) is 14.8 Å². The normalized spacial score (nSPS) is 11.1. The van der Waals surface area contributed by atoms with Gasteiger partial charge in [0.1, 0.15) is 5.75 Å². The number of nitrogens with zero attached hydrogens (tertiary/aromatic N) is 2. The van der Waals surface area contributed by atoms with E-state index in [9.17, 15) is 4.79 Å². The number of ether oxygens (including phenoxy) is 1. The van der Waals surface area contributed by atoms with Crippen LogP contribution in [0.2, 0.25) is 0 Å². The summed E-state index contributed by atoms with van der Waals surface area (Å²) in [6, 6.07) is 13.2. The third-order valence-electron chi connectivity index (χ3n) is 7.44. The minimum atomic E-state index is -0.360. The highest BCUT2D eigenvalue weighted by molar-refractivity contribution is 9.10. The molecule has 1 aromatic heterocycles. The first kappa shape index (κ1) is 32.0. The van der Waals surface area contributed by atoms with Crippen LogP contribution in [0, 0.1) is 0 Å². The number of aromatic nitrogens is 2. The van der Waals surface area contributed by atoms with Gasteiger partial charge in [0.2, 0.25) is 0 Å². The second-order valence-electron chi connectivity index (χ2n) is 10.9. The van der Waals surface area contributed by atoms with Crippen LogP contribution in [0.5, 0.6) is 5.75 Å². The molecule has 0 radical (unpaired) electrons. The Labute approximate surface area is 250 Å². The standard InChI is InChI=1S/C35H47BrN2O2/c1-3-5-7-9-11-12-13-15-17-28-26-37-34(38-27-28)30-21-23-32(24-22-30)40-35(39)31-20-19-29(33(36)25-31)18-16-14-10-8-6-4-2/h19-27H,3-18H2,1-2H3. The molecule has 3 rings (SSSR count). The van der Waals surface area contributed by atoms with Crippen molar-refractivity contribution < 1.29 is 9.53 Å². The Morgan fingerprint density at radius 2 is 1.25 bits per heavy atom. The lowest BCUT2D eigenvalue weighted by Crippen LogP contribution is -2.08. The van der Waals surface area contributed by atoms with E-state index in [0.29, 0.717) is 17.1 Å². The molecule has 2 aromatic carbocycles. The molecule has 0 unspecified atom stereocenters. The number of carbonyl (C=O) groups is 1. The molecular weight excluding hydrogens is 560 g/mol.